The molecule has 0 atom stereocenters. The Balaban J connectivity index is 1.68. The van der Waals surface area contributed by atoms with Gasteiger partial charge in [0.1, 0.15) is 5.56 Å². The number of halogens is 2. The van der Waals surface area contributed by atoms with Crippen molar-refractivity contribution in [1.82, 2.24) is 19.9 Å². The van der Waals surface area contributed by atoms with E-state index in [1.165, 1.54) is 0 Å². The summed E-state index contributed by atoms with van der Waals surface area (Å²) in [5.74, 6) is -0.137. The smallest absolute Gasteiger partial charge is 0.256 e. The molecule has 2 aromatic carbocycles. The molecule has 0 saturated heterocycles. The van der Waals surface area contributed by atoms with Gasteiger partial charge < -0.3 is 5.32 Å². The molecule has 4 aromatic rings. The lowest BCUT2D eigenvalue weighted by Crippen LogP contribution is -2.32. The maximum absolute atomic E-state index is 12.9. The Morgan fingerprint density at radius 3 is 2.45 bits per heavy atom. The van der Waals surface area contributed by atoms with E-state index in [9.17, 15) is 4.79 Å². The summed E-state index contributed by atoms with van der Waals surface area (Å²) in [6.07, 6.45) is 7.69. The van der Waals surface area contributed by atoms with Crippen LogP contribution < -0.4 is 5.32 Å². The minimum atomic E-state index is -0.137. The quantitative estimate of drug-likeness (QED) is 0.412. The van der Waals surface area contributed by atoms with Gasteiger partial charge in [-0.05, 0) is 31.0 Å². The third-order valence-corrected chi connectivity index (χ3v) is 6.32. The Morgan fingerprint density at radius 1 is 0.968 bits per heavy atom. The summed E-state index contributed by atoms with van der Waals surface area (Å²) < 4.78 is 1.71. The molecule has 0 aliphatic heterocycles. The van der Waals surface area contributed by atoms with Gasteiger partial charge in [-0.1, -0.05) is 66.4 Å². The third-order valence-electron chi connectivity index (χ3n) is 5.74. The molecule has 0 bridgehead atoms. The van der Waals surface area contributed by atoms with Gasteiger partial charge in [0.25, 0.3) is 5.91 Å². The molecule has 2 aromatic heterocycles. The molecule has 156 valence electrons. The zero-order valence-electron chi connectivity index (χ0n) is 16.7. The fourth-order valence-electron chi connectivity index (χ4n) is 4.19. The van der Waals surface area contributed by atoms with Gasteiger partial charge in [-0.15, -0.1) is 0 Å². The number of hydrogen-bond donors (Lipinski definition) is 1. The first-order chi connectivity index (χ1) is 15.1. The second-order valence-corrected chi connectivity index (χ2v) is 8.60. The van der Waals surface area contributed by atoms with Crippen molar-refractivity contribution < 1.29 is 4.79 Å². The SMILES string of the molecule is O=C(NC1CCCC1)c1cnn2c(-c3ccc(Cl)cc3)c(-c3ccccc3Cl)cnc12. The van der Waals surface area contributed by atoms with Crippen LogP contribution in [0.4, 0.5) is 0 Å². The van der Waals surface area contributed by atoms with Crippen molar-refractivity contribution in [3.8, 4) is 22.4 Å². The molecule has 5 rings (SSSR count). The van der Waals surface area contributed by atoms with Gasteiger partial charge in [0.2, 0.25) is 0 Å². The number of hydrogen-bond acceptors (Lipinski definition) is 3. The topological polar surface area (TPSA) is 59.3 Å². The van der Waals surface area contributed by atoms with E-state index in [-0.39, 0.29) is 11.9 Å². The van der Waals surface area contributed by atoms with Crippen molar-refractivity contribution in [3.63, 3.8) is 0 Å². The van der Waals surface area contributed by atoms with E-state index in [4.69, 9.17) is 23.2 Å². The number of amides is 1. The van der Waals surface area contributed by atoms with Crippen molar-refractivity contribution >= 4 is 34.8 Å². The average molecular weight is 451 g/mol. The molecule has 0 spiro atoms. The summed E-state index contributed by atoms with van der Waals surface area (Å²) in [5.41, 5.74) is 4.35. The molecular formula is C24H20Cl2N4O. The predicted octanol–water partition coefficient (Wildman–Crippen LogP) is 6.04. The van der Waals surface area contributed by atoms with Crippen molar-refractivity contribution in [1.29, 1.82) is 0 Å². The Kier molecular flexibility index (Phi) is 5.38. The van der Waals surface area contributed by atoms with E-state index in [1.54, 1.807) is 16.9 Å². The van der Waals surface area contributed by atoms with Gasteiger partial charge in [-0.25, -0.2) is 9.50 Å². The Hall–Kier alpha value is -2.89. The number of nitrogens with zero attached hydrogens (tertiary/aromatic N) is 3. The average Bonchev–Trinajstić information content (AvgIpc) is 3.44. The van der Waals surface area contributed by atoms with E-state index in [2.05, 4.69) is 15.4 Å². The van der Waals surface area contributed by atoms with Gasteiger partial charge in [0.15, 0.2) is 5.65 Å². The first-order valence-corrected chi connectivity index (χ1v) is 11.1. The lowest BCUT2D eigenvalue weighted by atomic mass is 10.0. The second-order valence-electron chi connectivity index (χ2n) is 7.76. The van der Waals surface area contributed by atoms with Gasteiger partial charge in [-0.3, -0.25) is 4.79 Å². The summed E-state index contributed by atoms with van der Waals surface area (Å²) in [5, 5.41) is 8.93. The number of aromatic nitrogens is 3. The Bertz CT molecular complexity index is 1260. The lowest BCUT2D eigenvalue weighted by Gasteiger charge is -2.14. The molecule has 1 aliphatic carbocycles. The number of fused-ring (bicyclic) bond motifs is 1. The fourth-order valence-corrected chi connectivity index (χ4v) is 4.55. The molecule has 1 N–H and O–H groups in total. The highest BCUT2D eigenvalue weighted by Gasteiger charge is 2.23. The van der Waals surface area contributed by atoms with Crippen molar-refractivity contribution in [2.45, 2.75) is 31.7 Å². The molecule has 1 saturated carbocycles. The molecule has 1 aliphatic rings. The maximum Gasteiger partial charge on any atom is 0.256 e. The summed E-state index contributed by atoms with van der Waals surface area (Å²) >= 11 is 12.6. The van der Waals surface area contributed by atoms with Gasteiger partial charge >= 0.3 is 0 Å². The first kappa shape index (κ1) is 20.0. The van der Waals surface area contributed by atoms with Crippen LogP contribution in [0.1, 0.15) is 36.0 Å². The normalized spacial score (nSPS) is 14.3. The van der Waals surface area contributed by atoms with Crippen molar-refractivity contribution in [2.75, 3.05) is 0 Å². The largest absolute Gasteiger partial charge is 0.349 e. The van der Waals surface area contributed by atoms with Crippen LogP contribution >= 0.6 is 23.2 Å². The fraction of sp³-hybridized carbons (Fsp3) is 0.208. The minimum absolute atomic E-state index is 0.137. The summed E-state index contributed by atoms with van der Waals surface area (Å²) in [6, 6.07) is 15.3. The van der Waals surface area contributed by atoms with Crippen LogP contribution in [0.15, 0.2) is 60.9 Å². The second kappa shape index (κ2) is 8.33. The monoisotopic (exact) mass is 450 g/mol. The van der Waals surface area contributed by atoms with E-state index in [0.717, 1.165) is 48.1 Å². The number of rotatable bonds is 4. The van der Waals surface area contributed by atoms with Gasteiger partial charge in [0.05, 0.1) is 11.9 Å². The first-order valence-electron chi connectivity index (χ1n) is 10.3. The number of benzene rings is 2. The Labute approximate surface area is 190 Å². The third kappa shape index (κ3) is 3.80. The molecular weight excluding hydrogens is 431 g/mol. The van der Waals surface area contributed by atoms with Crippen LogP contribution in [0.5, 0.6) is 0 Å². The van der Waals surface area contributed by atoms with Gasteiger partial charge in [-0.2, -0.15) is 5.10 Å². The zero-order chi connectivity index (χ0) is 21.4. The maximum atomic E-state index is 12.9. The number of nitrogens with one attached hydrogen (secondary N) is 1. The van der Waals surface area contributed by atoms with Crippen LogP contribution in [0, 0.1) is 0 Å². The zero-order valence-corrected chi connectivity index (χ0v) is 18.2. The molecule has 1 amide bonds. The van der Waals surface area contributed by atoms with Crippen LogP contribution in [-0.4, -0.2) is 26.5 Å². The molecule has 0 radical (unpaired) electrons. The molecule has 31 heavy (non-hydrogen) atoms. The van der Waals surface area contributed by atoms with Crippen molar-refractivity contribution in [3.05, 3.63) is 76.5 Å². The van der Waals surface area contributed by atoms with Crippen LogP contribution in [0.25, 0.3) is 28.0 Å². The molecule has 5 nitrogen and oxygen atoms in total. The summed E-state index contributed by atoms with van der Waals surface area (Å²) in [7, 11) is 0. The number of carbonyl (C=O) groups is 1. The highest BCUT2D eigenvalue weighted by atomic mass is 35.5. The summed E-state index contributed by atoms with van der Waals surface area (Å²) in [4.78, 5) is 17.5. The van der Waals surface area contributed by atoms with Crippen molar-refractivity contribution in [2.24, 2.45) is 0 Å². The van der Waals surface area contributed by atoms with E-state index in [1.807, 2.05) is 48.5 Å². The predicted molar refractivity (Wildman–Crippen MR) is 124 cm³/mol. The summed E-state index contributed by atoms with van der Waals surface area (Å²) in [6.45, 7) is 0. The highest BCUT2D eigenvalue weighted by Crippen LogP contribution is 2.36. The lowest BCUT2D eigenvalue weighted by molar-refractivity contribution is 0.0939. The minimum Gasteiger partial charge on any atom is -0.349 e. The van der Waals surface area contributed by atoms with Crippen LogP contribution in [0.3, 0.4) is 0 Å². The molecule has 2 heterocycles. The van der Waals surface area contributed by atoms with E-state index >= 15 is 0 Å². The van der Waals surface area contributed by atoms with Crippen LogP contribution in [-0.2, 0) is 0 Å². The molecule has 0 unspecified atom stereocenters. The standard InChI is InChI=1S/C24H20Cl2N4O/c25-16-11-9-15(10-12-16)22-19(18-7-3-4-8-21(18)26)13-27-23-20(14-28-30(22)23)24(31)29-17-5-1-2-6-17/h3-4,7-14,17H,1-2,5-6H2,(H,29,31). The van der Waals surface area contributed by atoms with Gasteiger partial charge in [0, 0.05) is 39.0 Å². The number of carbonyl (C=O) groups excluding carboxylic acids is 1. The molecule has 7 heteroatoms. The molecule has 1 fully saturated rings. The highest BCUT2D eigenvalue weighted by molar-refractivity contribution is 6.33. The van der Waals surface area contributed by atoms with E-state index < -0.39 is 0 Å². The Morgan fingerprint density at radius 2 is 1.71 bits per heavy atom. The van der Waals surface area contributed by atoms with E-state index in [0.29, 0.717) is 21.3 Å². The van der Waals surface area contributed by atoms with Crippen LogP contribution in [0.2, 0.25) is 10.0 Å².